The Hall–Kier alpha value is -1.59. The Labute approximate surface area is 107 Å². The number of benzene rings is 1. The van der Waals surface area contributed by atoms with Crippen LogP contribution in [0.2, 0.25) is 5.02 Å². The molecule has 0 radical (unpaired) electrons. The van der Waals surface area contributed by atoms with Gasteiger partial charge in [0.2, 0.25) is 0 Å². The third-order valence-electron chi connectivity index (χ3n) is 2.35. The van der Waals surface area contributed by atoms with Crippen molar-refractivity contribution in [2.24, 2.45) is 0 Å². The highest BCUT2D eigenvalue weighted by molar-refractivity contribution is 7.18. The molecule has 0 unspecified atom stereocenters. The fourth-order valence-corrected chi connectivity index (χ4v) is 2.85. The highest BCUT2D eigenvalue weighted by atomic mass is 35.5. The van der Waals surface area contributed by atoms with Crippen LogP contribution in [0.15, 0.2) is 30.6 Å². The molecule has 3 aromatic rings. The summed E-state index contributed by atoms with van der Waals surface area (Å²) in [5, 5.41) is 5.85. The molecule has 2 aromatic heterocycles. The summed E-state index contributed by atoms with van der Waals surface area (Å²) in [5.41, 5.74) is 7.24. The summed E-state index contributed by atoms with van der Waals surface area (Å²) in [4.78, 5) is 4.52. The molecule has 6 heteroatoms. The van der Waals surface area contributed by atoms with Gasteiger partial charge in [0.1, 0.15) is 5.01 Å². The number of hydrogen-bond acceptors (Lipinski definition) is 4. The Kier molecular flexibility index (Phi) is 2.49. The van der Waals surface area contributed by atoms with E-state index in [9.17, 15) is 0 Å². The fourth-order valence-electron chi connectivity index (χ4n) is 1.62. The number of hydrogen-bond donors (Lipinski definition) is 1. The number of nitrogen functional groups attached to an aromatic ring is 1. The Bertz CT molecular complexity index is 673. The van der Waals surface area contributed by atoms with Crippen molar-refractivity contribution in [3.63, 3.8) is 0 Å². The normalized spacial score (nSPS) is 11.1. The van der Waals surface area contributed by atoms with E-state index in [2.05, 4.69) is 10.1 Å². The molecular weight excluding hydrogens is 256 g/mol. The van der Waals surface area contributed by atoms with Crippen molar-refractivity contribution < 1.29 is 0 Å². The molecule has 0 atom stereocenters. The third kappa shape index (κ3) is 2.11. The second kappa shape index (κ2) is 4.01. The van der Waals surface area contributed by atoms with Gasteiger partial charge in [-0.05, 0) is 18.2 Å². The van der Waals surface area contributed by atoms with Crippen molar-refractivity contribution in [1.82, 2.24) is 14.8 Å². The van der Waals surface area contributed by atoms with Gasteiger partial charge < -0.3 is 5.73 Å². The van der Waals surface area contributed by atoms with E-state index in [1.54, 1.807) is 28.4 Å². The minimum atomic E-state index is 0.633. The average Bonchev–Trinajstić information content (AvgIpc) is 2.84. The molecule has 86 valence electrons. The average molecular weight is 265 g/mol. The molecule has 2 heterocycles. The van der Waals surface area contributed by atoms with Crippen LogP contribution in [-0.2, 0) is 6.54 Å². The number of fused-ring (bicyclic) bond motifs is 1. The first kappa shape index (κ1) is 10.6. The van der Waals surface area contributed by atoms with Crippen molar-refractivity contribution in [3.05, 3.63) is 40.6 Å². The van der Waals surface area contributed by atoms with Crippen molar-refractivity contribution in [2.45, 2.75) is 6.54 Å². The zero-order valence-corrected chi connectivity index (χ0v) is 10.4. The lowest BCUT2D eigenvalue weighted by Crippen LogP contribution is -1.98. The molecule has 0 fully saturated rings. The van der Waals surface area contributed by atoms with Gasteiger partial charge in [-0.3, -0.25) is 4.68 Å². The fraction of sp³-hybridized carbons (Fsp3) is 0.0909. The lowest BCUT2D eigenvalue weighted by atomic mass is 10.3. The van der Waals surface area contributed by atoms with Crippen LogP contribution in [-0.4, -0.2) is 14.8 Å². The van der Waals surface area contributed by atoms with Crippen LogP contribution in [0.1, 0.15) is 5.01 Å². The van der Waals surface area contributed by atoms with E-state index >= 15 is 0 Å². The van der Waals surface area contributed by atoms with Gasteiger partial charge >= 0.3 is 0 Å². The minimum absolute atomic E-state index is 0.633. The first-order chi connectivity index (χ1) is 8.20. The van der Waals surface area contributed by atoms with Gasteiger partial charge in [0.15, 0.2) is 0 Å². The molecule has 0 saturated heterocycles. The van der Waals surface area contributed by atoms with Crippen LogP contribution in [0.3, 0.4) is 0 Å². The van der Waals surface area contributed by atoms with Crippen molar-refractivity contribution in [1.29, 1.82) is 0 Å². The Morgan fingerprint density at radius 3 is 3.06 bits per heavy atom. The van der Waals surface area contributed by atoms with E-state index in [4.69, 9.17) is 17.3 Å². The monoisotopic (exact) mass is 264 g/mol. The SMILES string of the molecule is Nc1cnn(Cc2nc3ccc(Cl)cc3s2)c1. The Morgan fingerprint density at radius 2 is 2.29 bits per heavy atom. The largest absolute Gasteiger partial charge is 0.396 e. The van der Waals surface area contributed by atoms with E-state index in [1.807, 2.05) is 18.2 Å². The van der Waals surface area contributed by atoms with E-state index in [0.29, 0.717) is 12.2 Å². The molecule has 17 heavy (non-hydrogen) atoms. The van der Waals surface area contributed by atoms with Crippen molar-refractivity contribution in [2.75, 3.05) is 5.73 Å². The molecular formula is C11H9ClN4S. The number of halogens is 1. The standard InChI is InChI=1S/C11H9ClN4S/c12-7-1-2-9-10(3-7)17-11(15-9)6-16-5-8(13)4-14-16/h1-5H,6,13H2. The van der Waals surface area contributed by atoms with Crippen molar-refractivity contribution in [3.8, 4) is 0 Å². The lowest BCUT2D eigenvalue weighted by molar-refractivity contribution is 0.684. The van der Waals surface area contributed by atoms with Crippen LogP contribution in [0.4, 0.5) is 5.69 Å². The minimum Gasteiger partial charge on any atom is -0.396 e. The van der Waals surface area contributed by atoms with Crippen LogP contribution in [0, 0.1) is 0 Å². The maximum absolute atomic E-state index is 5.94. The van der Waals surface area contributed by atoms with E-state index in [1.165, 1.54) is 0 Å². The van der Waals surface area contributed by atoms with Gasteiger partial charge in [-0.15, -0.1) is 11.3 Å². The van der Waals surface area contributed by atoms with Gasteiger partial charge in [0, 0.05) is 11.2 Å². The highest BCUT2D eigenvalue weighted by Gasteiger charge is 2.05. The van der Waals surface area contributed by atoms with Gasteiger partial charge in [0.25, 0.3) is 0 Å². The molecule has 0 bridgehead atoms. The summed E-state index contributed by atoms with van der Waals surface area (Å²) in [6.07, 6.45) is 3.42. The molecule has 0 saturated carbocycles. The predicted molar refractivity (Wildman–Crippen MR) is 70.4 cm³/mol. The summed E-state index contributed by atoms with van der Waals surface area (Å²) in [6.45, 7) is 0.633. The molecule has 0 aliphatic heterocycles. The Balaban J connectivity index is 1.95. The summed E-state index contributed by atoms with van der Waals surface area (Å²) < 4.78 is 2.86. The summed E-state index contributed by atoms with van der Waals surface area (Å²) in [5.74, 6) is 0. The molecule has 0 amide bonds. The molecule has 3 rings (SSSR count). The van der Waals surface area contributed by atoms with Gasteiger partial charge in [0.05, 0.1) is 28.6 Å². The summed E-state index contributed by atoms with van der Waals surface area (Å²) >= 11 is 7.55. The van der Waals surface area contributed by atoms with E-state index in [0.717, 1.165) is 20.2 Å². The number of nitrogens with two attached hydrogens (primary N) is 1. The zero-order valence-electron chi connectivity index (χ0n) is 8.80. The maximum atomic E-state index is 5.94. The van der Waals surface area contributed by atoms with Crippen molar-refractivity contribution >= 4 is 38.8 Å². The van der Waals surface area contributed by atoms with E-state index < -0.39 is 0 Å². The summed E-state index contributed by atoms with van der Waals surface area (Å²) in [6, 6.07) is 5.70. The first-order valence-electron chi connectivity index (χ1n) is 5.03. The second-order valence-electron chi connectivity index (χ2n) is 3.69. The predicted octanol–water partition coefficient (Wildman–Crippen LogP) is 2.78. The van der Waals surface area contributed by atoms with Crippen LogP contribution in [0.25, 0.3) is 10.2 Å². The number of thiazole rings is 1. The molecule has 0 spiro atoms. The van der Waals surface area contributed by atoms with Gasteiger partial charge in [-0.2, -0.15) is 5.10 Å². The van der Waals surface area contributed by atoms with E-state index in [-0.39, 0.29) is 0 Å². The second-order valence-corrected chi connectivity index (χ2v) is 5.24. The number of anilines is 1. The van der Waals surface area contributed by atoms with Crippen LogP contribution in [0.5, 0.6) is 0 Å². The molecule has 2 N–H and O–H groups in total. The molecule has 1 aromatic carbocycles. The molecule has 4 nitrogen and oxygen atoms in total. The number of nitrogens with zero attached hydrogens (tertiary/aromatic N) is 3. The van der Waals surface area contributed by atoms with Crippen LogP contribution < -0.4 is 5.73 Å². The number of rotatable bonds is 2. The zero-order chi connectivity index (χ0) is 11.8. The molecule has 0 aliphatic carbocycles. The van der Waals surface area contributed by atoms with Crippen LogP contribution >= 0.6 is 22.9 Å². The lowest BCUT2D eigenvalue weighted by Gasteiger charge is -1.94. The Morgan fingerprint density at radius 1 is 1.41 bits per heavy atom. The third-order valence-corrected chi connectivity index (χ3v) is 3.58. The summed E-state index contributed by atoms with van der Waals surface area (Å²) in [7, 11) is 0. The highest BCUT2D eigenvalue weighted by Crippen LogP contribution is 2.25. The quantitative estimate of drug-likeness (QED) is 0.774. The smallest absolute Gasteiger partial charge is 0.115 e. The first-order valence-corrected chi connectivity index (χ1v) is 6.23. The van der Waals surface area contributed by atoms with Gasteiger partial charge in [-0.1, -0.05) is 11.6 Å². The van der Waals surface area contributed by atoms with Gasteiger partial charge in [-0.25, -0.2) is 4.98 Å². The molecule has 0 aliphatic rings. The topological polar surface area (TPSA) is 56.7 Å². The number of aromatic nitrogens is 3. The maximum Gasteiger partial charge on any atom is 0.115 e.